The first kappa shape index (κ1) is 21.6. The zero-order valence-corrected chi connectivity index (χ0v) is 19.2. The Balaban J connectivity index is 1.58. The molecule has 0 aliphatic rings. The van der Waals surface area contributed by atoms with Crippen molar-refractivity contribution < 1.29 is 9.53 Å². The van der Waals surface area contributed by atoms with E-state index in [4.69, 9.17) is 9.72 Å². The van der Waals surface area contributed by atoms with Crippen LogP contribution in [0, 0.1) is 6.92 Å². The molecule has 0 aliphatic heterocycles. The van der Waals surface area contributed by atoms with Gasteiger partial charge in [0.15, 0.2) is 0 Å². The standard InChI is InChI=1S/C25H29N5O2/c1-16(2)25-26-21-8-6-7-9-22(21)29(25)15-24(31)27-23-14-17(3)28-30(23)18(4)19-10-12-20(32-5)13-11-19/h6-14,16,18H,15H2,1-5H3,(H,27,31). The largest absolute Gasteiger partial charge is 0.497 e. The molecule has 0 aliphatic carbocycles. The maximum atomic E-state index is 13.1. The Morgan fingerprint density at radius 1 is 1.09 bits per heavy atom. The predicted molar refractivity (Wildman–Crippen MR) is 126 cm³/mol. The van der Waals surface area contributed by atoms with E-state index < -0.39 is 0 Å². The number of rotatable bonds is 7. The van der Waals surface area contributed by atoms with Gasteiger partial charge in [-0.05, 0) is 43.7 Å². The summed E-state index contributed by atoms with van der Waals surface area (Å²) < 4.78 is 9.10. The highest BCUT2D eigenvalue weighted by Gasteiger charge is 2.19. The lowest BCUT2D eigenvalue weighted by molar-refractivity contribution is -0.116. The number of imidazole rings is 1. The van der Waals surface area contributed by atoms with E-state index in [-0.39, 0.29) is 24.4 Å². The molecule has 1 unspecified atom stereocenters. The van der Waals surface area contributed by atoms with Crippen molar-refractivity contribution in [3.8, 4) is 5.75 Å². The number of methoxy groups -OCH3 is 1. The Bertz CT molecular complexity index is 1240. The molecule has 4 rings (SSSR count). The Morgan fingerprint density at radius 2 is 1.81 bits per heavy atom. The maximum absolute atomic E-state index is 13.1. The topological polar surface area (TPSA) is 74.0 Å². The maximum Gasteiger partial charge on any atom is 0.245 e. The van der Waals surface area contributed by atoms with Gasteiger partial charge in [0, 0.05) is 12.0 Å². The van der Waals surface area contributed by atoms with Gasteiger partial charge in [-0.15, -0.1) is 0 Å². The van der Waals surface area contributed by atoms with Crippen LogP contribution < -0.4 is 10.1 Å². The number of carbonyl (C=O) groups is 1. The highest BCUT2D eigenvalue weighted by molar-refractivity contribution is 5.91. The van der Waals surface area contributed by atoms with Gasteiger partial charge in [0.05, 0.1) is 29.9 Å². The molecule has 7 nitrogen and oxygen atoms in total. The van der Waals surface area contributed by atoms with Crippen molar-refractivity contribution in [2.75, 3.05) is 12.4 Å². The van der Waals surface area contributed by atoms with Crippen LogP contribution in [0.3, 0.4) is 0 Å². The minimum absolute atomic E-state index is 0.0507. The van der Waals surface area contributed by atoms with Crippen molar-refractivity contribution in [3.05, 3.63) is 71.7 Å². The number of fused-ring (bicyclic) bond motifs is 1. The Kier molecular flexibility index (Phi) is 5.99. The smallest absolute Gasteiger partial charge is 0.245 e. The number of para-hydroxylation sites is 2. The number of hydrogen-bond donors (Lipinski definition) is 1. The predicted octanol–water partition coefficient (Wildman–Crippen LogP) is 4.92. The van der Waals surface area contributed by atoms with Crippen LogP contribution in [0.4, 0.5) is 5.82 Å². The van der Waals surface area contributed by atoms with Crippen LogP contribution in [-0.4, -0.2) is 32.3 Å². The van der Waals surface area contributed by atoms with E-state index in [0.29, 0.717) is 5.82 Å². The average molecular weight is 432 g/mol. The number of hydrogen-bond acceptors (Lipinski definition) is 4. The third-order valence-electron chi connectivity index (χ3n) is 5.59. The molecule has 4 aromatic rings. The number of aryl methyl sites for hydroxylation is 1. The third-order valence-corrected chi connectivity index (χ3v) is 5.59. The van der Waals surface area contributed by atoms with E-state index >= 15 is 0 Å². The summed E-state index contributed by atoms with van der Waals surface area (Å²) in [7, 11) is 1.65. The molecule has 1 atom stereocenters. The summed E-state index contributed by atoms with van der Waals surface area (Å²) in [5, 5.41) is 7.69. The van der Waals surface area contributed by atoms with E-state index in [9.17, 15) is 4.79 Å². The quantitative estimate of drug-likeness (QED) is 0.451. The van der Waals surface area contributed by atoms with Gasteiger partial charge in [-0.2, -0.15) is 5.10 Å². The molecule has 0 saturated heterocycles. The summed E-state index contributed by atoms with van der Waals surface area (Å²) in [5.41, 5.74) is 3.78. The molecule has 0 saturated carbocycles. The molecule has 2 aromatic carbocycles. The van der Waals surface area contributed by atoms with Crippen molar-refractivity contribution in [2.24, 2.45) is 0 Å². The van der Waals surface area contributed by atoms with Crippen LogP contribution in [0.5, 0.6) is 5.75 Å². The van der Waals surface area contributed by atoms with Crippen LogP contribution >= 0.6 is 0 Å². The molecular weight excluding hydrogens is 402 g/mol. The molecule has 0 spiro atoms. The van der Waals surface area contributed by atoms with Crippen molar-refractivity contribution >= 4 is 22.8 Å². The fourth-order valence-electron chi connectivity index (χ4n) is 3.96. The Labute approximate surface area is 188 Å². The minimum atomic E-state index is -0.113. The van der Waals surface area contributed by atoms with E-state index in [0.717, 1.165) is 33.9 Å². The van der Waals surface area contributed by atoms with Gasteiger partial charge < -0.3 is 14.6 Å². The fraction of sp³-hybridized carbons (Fsp3) is 0.320. The number of ether oxygens (including phenoxy) is 1. The second-order valence-corrected chi connectivity index (χ2v) is 8.31. The molecule has 1 N–H and O–H groups in total. The molecule has 2 heterocycles. The Hall–Kier alpha value is -3.61. The van der Waals surface area contributed by atoms with Gasteiger partial charge in [-0.1, -0.05) is 38.1 Å². The van der Waals surface area contributed by atoms with Crippen molar-refractivity contribution in [1.29, 1.82) is 0 Å². The number of benzene rings is 2. The summed E-state index contributed by atoms with van der Waals surface area (Å²) in [6, 6.07) is 17.6. The molecule has 0 fully saturated rings. The van der Waals surface area contributed by atoms with E-state index in [2.05, 4.69) is 31.2 Å². The second-order valence-electron chi connectivity index (χ2n) is 8.31. The molecular formula is C25H29N5O2. The van der Waals surface area contributed by atoms with Crippen LogP contribution in [0.15, 0.2) is 54.6 Å². The van der Waals surface area contributed by atoms with E-state index in [1.165, 1.54) is 0 Å². The fourth-order valence-corrected chi connectivity index (χ4v) is 3.96. The van der Waals surface area contributed by atoms with Gasteiger partial charge in [0.1, 0.15) is 23.9 Å². The first-order valence-corrected chi connectivity index (χ1v) is 10.8. The lowest BCUT2D eigenvalue weighted by Gasteiger charge is -2.17. The molecule has 0 radical (unpaired) electrons. The monoisotopic (exact) mass is 431 g/mol. The first-order valence-electron chi connectivity index (χ1n) is 10.8. The van der Waals surface area contributed by atoms with Gasteiger partial charge in [0.25, 0.3) is 0 Å². The van der Waals surface area contributed by atoms with Crippen LogP contribution in [0.1, 0.15) is 49.8 Å². The second kappa shape index (κ2) is 8.86. The summed E-state index contributed by atoms with van der Waals surface area (Å²) in [6.07, 6.45) is 0. The lowest BCUT2D eigenvalue weighted by atomic mass is 10.1. The SMILES string of the molecule is COc1ccc(C(C)n2nc(C)cc2NC(=O)Cn2c(C(C)C)nc3ccccc32)cc1. The first-order chi connectivity index (χ1) is 15.4. The molecule has 7 heteroatoms. The van der Waals surface area contributed by atoms with Crippen molar-refractivity contribution in [3.63, 3.8) is 0 Å². The normalized spacial score (nSPS) is 12.3. The molecule has 166 valence electrons. The number of anilines is 1. The summed E-state index contributed by atoms with van der Waals surface area (Å²) in [5.74, 6) is 2.47. The number of amides is 1. The highest BCUT2D eigenvalue weighted by Crippen LogP contribution is 2.26. The van der Waals surface area contributed by atoms with E-state index in [1.807, 2.05) is 70.8 Å². The molecule has 0 bridgehead atoms. The van der Waals surface area contributed by atoms with Crippen LogP contribution in [-0.2, 0) is 11.3 Å². The number of aromatic nitrogens is 4. The Morgan fingerprint density at radius 3 is 2.50 bits per heavy atom. The van der Waals surface area contributed by atoms with Gasteiger partial charge in [-0.25, -0.2) is 9.67 Å². The summed E-state index contributed by atoms with van der Waals surface area (Å²) in [4.78, 5) is 17.8. The molecule has 1 amide bonds. The van der Waals surface area contributed by atoms with E-state index in [1.54, 1.807) is 7.11 Å². The van der Waals surface area contributed by atoms with Gasteiger partial charge in [-0.3, -0.25) is 4.79 Å². The molecule has 2 aromatic heterocycles. The zero-order valence-electron chi connectivity index (χ0n) is 19.2. The number of nitrogens with one attached hydrogen (secondary N) is 1. The molecule has 32 heavy (non-hydrogen) atoms. The number of carbonyl (C=O) groups excluding carboxylic acids is 1. The van der Waals surface area contributed by atoms with Gasteiger partial charge >= 0.3 is 0 Å². The third kappa shape index (κ3) is 4.23. The van der Waals surface area contributed by atoms with Crippen LogP contribution in [0.2, 0.25) is 0 Å². The summed E-state index contributed by atoms with van der Waals surface area (Å²) in [6.45, 7) is 8.35. The van der Waals surface area contributed by atoms with Gasteiger partial charge in [0.2, 0.25) is 5.91 Å². The minimum Gasteiger partial charge on any atom is -0.497 e. The zero-order chi connectivity index (χ0) is 22.8. The highest BCUT2D eigenvalue weighted by atomic mass is 16.5. The van der Waals surface area contributed by atoms with Crippen molar-refractivity contribution in [1.82, 2.24) is 19.3 Å². The number of nitrogens with zero attached hydrogens (tertiary/aromatic N) is 4. The average Bonchev–Trinajstić information content (AvgIpc) is 3.33. The van der Waals surface area contributed by atoms with Crippen LogP contribution in [0.25, 0.3) is 11.0 Å². The lowest BCUT2D eigenvalue weighted by Crippen LogP contribution is -2.23. The summed E-state index contributed by atoms with van der Waals surface area (Å²) >= 11 is 0. The van der Waals surface area contributed by atoms with Crippen molar-refractivity contribution in [2.45, 2.75) is 46.2 Å².